The highest BCUT2D eigenvalue weighted by Crippen LogP contribution is 2.53. The first kappa shape index (κ1) is 79.5. The minimum Gasteiger partial charge on any atom is -0.256 e. The van der Waals surface area contributed by atoms with Crippen LogP contribution in [0.2, 0.25) is 0 Å². The van der Waals surface area contributed by atoms with Gasteiger partial charge in [0.1, 0.15) is 0 Å². The molecule has 608 valence electrons. The Labute approximate surface area is 755 Å². The van der Waals surface area contributed by atoms with Crippen LogP contribution in [0.25, 0.3) is 223 Å². The standard InChI is InChI=1S/C125H88N4/c1-83-68-104(124-110(106-62-58-100(120-56-22-24-66-126-120)77-114(106)96-48-26-44-92(72-96)86-32-10-4-11-33-86)52-30-53-111(124)107-63-59-101(121-57-23-25-67-127-121)78-115(107)97-49-27-45-93(73-97)87-34-12-5-13-35-87)76-105(69-83)125-112(108-64-60-102(122-70-84(2)118(81-128-122)90-40-18-8-19-41-90)79-116(108)98-50-28-46-94(74-98)88-36-14-6-15-37-88)54-31-55-113(125)109-65-61-103(123-71-85(3)119(82-129-123)91-42-20-9-21-43-91)80-117(109)99-51-29-47-95(75-99)89-38-16-7-17-39-89/h4-82H,1-3H3. The Hall–Kier alpha value is -16.7. The van der Waals surface area contributed by atoms with E-state index in [4.69, 9.17) is 19.9 Å². The summed E-state index contributed by atoms with van der Waals surface area (Å²) < 4.78 is 0. The Bertz CT molecular complexity index is 7280. The fraction of sp³-hybridized carbons (Fsp3) is 0.0240. The molecule has 0 saturated heterocycles. The highest BCUT2D eigenvalue weighted by atomic mass is 14.7. The molecule has 4 heteroatoms. The lowest BCUT2D eigenvalue weighted by molar-refractivity contribution is 1.29. The molecule has 0 spiro atoms. The van der Waals surface area contributed by atoms with Crippen molar-refractivity contribution in [2.24, 2.45) is 0 Å². The number of nitrogens with zero attached hydrogens (tertiary/aromatic N) is 4. The average molecular weight is 1650 g/mol. The van der Waals surface area contributed by atoms with Gasteiger partial charge in [-0.25, -0.2) is 0 Å². The summed E-state index contributed by atoms with van der Waals surface area (Å²) in [5, 5.41) is 0. The molecule has 0 amide bonds. The minimum atomic E-state index is 0.892. The summed E-state index contributed by atoms with van der Waals surface area (Å²) in [6.07, 6.45) is 7.86. The highest BCUT2D eigenvalue weighted by Gasteiger charge is 2.27. The third-order valence-corrected chi connectivity index (χ3v) is 25.0. The second-order valence-corrected chi connectivity index (χ2v) is 33.3. The van der Waals surface area contributed by atoms with E-state index in [-0.39, 0.29) is 0 Å². The van der Waals surface area contributed by atoms with E-state index >= 15 is 0 Å². The van der Waals surface area contributed by atoms with Crippen LogP contribution in [0.5, 0.6) is 0 Å². The van der Waals surface area contributed by atoms with Crippen LogP contribution < -0.4 is 0 Å². The van der Waals surface area contributed by atoms with Crippen molar-refractivity contribution in [1.82, 2.24) is 19.9 Å². The number of pyridine rings is 4. The maximum absolute atomic E-state index is 5.33. The average Bonchev–Trinajstić information content (AvgIpc) is 0.737. The molecule has 0 atom stereocenters. The maximum Gasteiger partial charge on any atom is 0.0705 e. The van der Waals surface area contributed by atoms with E-state index in [0.717, 1.165) is 240 Å². The number of benzene rings is 17. The normalized spacial score (nSPS) is 11.2. The van der Waals surface area contributed by atoms with E-state index in [0.29, 0.717) is 0 Å². The lowest BCUT2D eigenvalue weighted by Gasteiger charge is -2.24. The molecule has 4 aromatic heterocycles. The first-order chi connectivity index (χ1) is 63.7. The number of aryl methyl sites for hydroxylation is 3. The van der Waals surface area contributed by atoms with Crippen LogP contribution >= 0.6 is 0 Å². The van der Waals surface area contributed by atoms with Gasteiger partial charge < -0.3 is 0 Å². The largest absolute Gasteiger partial charge is 0.256 e. The van der Waals surface area contributed by atoms with Gasteiger partial charge in [-0.15, -0.1) is 0 Å². The van der Waals surface area contributed by atoms with Crippen molar-refractivity contribution in [2.75, 3.05) is 0 Å². The van der Waals surface area contributed by atoms with Gasteiger partial charge in [-0.1, -0.05) is 364 Å². The lowest BCUT2D eigenvalue weighted by atomic mass is 9.79. The molecule has 4 heterocycles. The molecule has 17 aromatic carbocycles. The molecule has 21 rings (SSSR count). The first-order valence-electron chi connectivity index (χ1n) is 44.2. The number of aromatic nitrogens is 4. The van der Waals surface area contributed by atoms with Crippen LogP contribution in [0.4, 0.5) is 0 Å². The molecule has 0 radical (unpaired) electrons. The molecule has 0 bridgehead atoms. The third kappa shape index (κ3) is 16.3. The number of hydrogen-bond acceptors (Lipinski definition) is 4. The summed E-state index contributed by atoms with van der Waals surface area (Å²) in [7, 11) is 0. The predicted octanol–water partition coefficient (Wildman–Crippen LogP) is 33.5. The minimum absolute atomic E-state index is 0.892. The number of rotatable bonds is 20. The van der Waals surface area contributed by atoms with Gasteiger partial charge in [-0.3, -0.25) is 19.9 Å². The molecule has 21 aromatic rings. The summed E-state index contributed by atoms with van der Waals surface area (Å²) >= 11 is 0. The van der Waals surface area contributed by atoms with Crippen LogP contribution in [0.1, 0.15) is 16.7 Å². The van der Waals surface area contributed by atoms with Gasteiger partial charge >= 0.3 is 0 Å². The van der Waals surface area contributed by atoms with Crippen LogP contribution in [0, 0.1) is 20.8 Å². The van der Waals surface area contributed by atoms with Crippen molar-refractivity contribution in [3.8, 4) is 223 Å². The monoisotopic (exact) mass is 1640 g/mol. The third-order valence-electron chi connectivity index (χ3n) is 25.0. The molecule has 0 N–H and O–H groups in total. The molecule has 0 unspecified atom stereocenters. The van der Waals surface area contributed by atoms with Crippen molar-refractivity contribution in [2.45, 2.75) is 20.8 Å². The molecule has 0 fully saturated rings. The SMILES string of the molecule is Cc1cc(-c2c(-c3ccc(-c4ccccn4)cc3-c3cccc(-c4ccccc4)c3)cccc2-c2ccc(-c3ccccn3)cc2-c2cccc(-c3ccccc3)c2)cc(-c2c(-c3ccc(-c4cc(C)c(-c5ccccc5)cn4)cc3-c3cccc(-c4ccccc4)c3)cccc2-c2ccc(-c3cc(C)c(-c4ccccc4)cn3)cc2-c2cccc(-c3ccccc3)c2)c1. The topological polar surface area (TPSA) is 51.6 Å². The van der Waals surface area contributed by atoms with E-state index in [9.17, 15) is 0 Å². The van der Waals surface area contributed by atoms with Crippen molar-refractivity contribution in [3.63, 3.8) is 0 Å². The molecule has 129 heavy (non-hydrogen) atoms. The Morgan fingerprint density at radius 2 is 0.380 bits per heavy atom. The molecule has 0 saturated carbocycles. The Balaban J connectivity index is 0.858. The van der Waals surface area contributed by atoms with Crippen molar-refractivity contribution >= 4 is 0 Å². The molecular weight excluding hydrogens is 1560 g/mol. The van der Waals surface area contributed by atoms with Gasteiger partial charge in [0.15, 0.2) is 0 Å². The fourth-order valence-corrected chi connectivity index (χ4v) is 18.7. The molecule has 0 aliphatic rings. The highest BCUT2D eigenvalue weighted by molar-refractivity contribution is 6.07. The predicted molar refractivity (Wildman–Crippen MR) is 541 cm³/mol. The zero-order valence-corrected chi connectivity index (χ0v) is 71.9. The second-order valence-electron chi connectivity index (χ2n) is 33.3. The Kier molecular flexibility index (Phi) is 21.9. The van der Waals surface area contributed by atoms with E-state index < -0.39 is 0 Å². The van der Waals surface area contributed by atoms with E-state index in [2.05, 4.69) is 464 Å². The van der Waals surface area contributed by atoms with Gasteiger partial charge in [0.25, 0.3) is 0 Å². The fourth-order valence-electron chi connectivity index (χ4n) is 18.7. The van der Waals surface area contributed by atoms with Crippen molar-refractivity contribution in [1.29, 1.82) is 0 Å². The summed E-state index contributed by atoms with van der Waals surface area (Å²) in [5.41, 5.74) is 45.9. The molecule has 4 nitrogen and oxygen atoms in total. The first-order valence-corrected chi connectivity index (χ1v) is 44.2. The van der Waals surface area contributed by atoms with Crippen LogP contribution in [-0.4, -0.2) is 19.9 Å². The van der Waals surface area contributed by atoms with E-state index in [1.807, 2.05) is 36.9 Å². The smallest absolute Gasteiger partial charge is 0.0705 e. The van der Waals surface area contributed by atoms with Gasteiger partial charge in [0, 0.05) is 58.2 Å². The zero-order valence-electron chi connectivity index (χ0n) is 71.9. The van der Waals surface area contributed by atoms with Crippen molar-refractivity contribution in [3.05, 3.63) is 496 Å². The van der Waals surface area contributed by atoms with Crippen LogP contribution in [0.3, 0.4) is 0 Å². The molecular formula is C125H88N4. The Morgan fingerprint density at radius 3 is 0.659 bits per heavy atom. The second kappa shape index (κ2) is 35.5. The van der Waals surface area contributed by atoms with Gasteiger partial charge in [-0.05, 0) is 295 Å². The van der Waals surface area contributed by atoms with Crippen LogP contribution in [-0.2, 0) is 0 Å². The maximum atomic E-state index is 5.33. The summed E-state index contributed by atoms with van der Waals surface area (Å²) in [4.78, 5) is 20.7. The van der Waals surface area contributed by atoms with Crippen molar-refractivity contribution < 1.29 is 0 Å². The number of hydrogen-bond donors (Lipinski definition) is 0. The lowest BCUT2D eigenvalue weighted by Crippen LogP contribution is -1.98. The van der Waals surface area contributed by atoms with Gasteiger partial charge in [0.05, 0.1) is 22.8 Å². The van der Waals surface area contributed by atoms with Gasteiger partial charge in [0.2, 0.25) is 0 Å². The Morgan fingerprint density at radius 1 is 0.132 bits per heavy atom. The molecule has 0 aliphatic heterocycles. The van der Waals surface area contributed by atoms with Gasteiger partial charge in [-0.2, -0.15) is 0 Å². The summed E-state index contributed by atoms with van der Waals surface area (Å²) in [6.45, 7) is 6.68. The summed E-state index contributed by atoms with van der Waals surface area (Å²) in [6, 6.07) is 167. The quantitative estimate of drug-likeness (QED) is 0.0763. The van der Waals surface area contributed by atoms with E-state index in [1.54, 1.807) is 0 Å². The molecule has 0 aliphatic carbocycles. The van der Waals surface area contributed by atoms with E-state index in [1.165, 1.54) is 0 Å². The van der Waals surface area contributed by atoms with Crippen LogP contribution in [0.15, 0.2) is 480 Å². The summed E-state index contributed by atoms with van der Waals surface area (Å²) in [5.74, 6) is 0. The zero-order chi connectivity index (χ0) is 86.5.